The molecule has 3 nitrogen and oxygen atoms in total. The van der Waals surface area contributed by atoms with Crippen LogP contribution in [0.2, 0.25) is 0 Å². The molecule has 0 unspecified atom stereocenters. The summed E-state index contributed by atoms with van der Waals surface area (Å²) in [6, 6.07) is 0. The Morgan fingerprint density at radius 1 is 1.77 bits per heavy atom. The van der Waals surface area contributed by atoms with Gasteiger partial charge >= 0.3 is 5.97 Å². The first-order chi connectivity index (χ1) is 6.24. The van der Waals surface area contributed by atoms with Crippen molar-refractivity contribution in [3.05, 3.63) is 15.0 Å². The van der Waals surface area contributed by atoms with Gasteiger partial charge in [-0.25, -0.2) is 9.78 Å². The van der Waals surface area contributed by atoms with Crippen molar-refractivity contribution in [2.24, 2.45) is 0 Å². The fraction of sp³-hybridized carbons (Fsp3) is 0.500. The van der Waals surface area contributed by atoms with E-state index in [9.17, 15) is 4.79 Å². The van der Waals surface area contributed by atoms with Gasteiger partial charge in [-0.15, -0.1) is 11.3 Å². The molecule has 0 saturated carbocycles. The monoisotopic (exact) mass is 263 g/mol. The number of aromatic nitrogens is 1. The Labute approximate surface area is 89.3 Å². The molecule has 0 aromatic carbocycles. The van der Waals surface area contributed by atoms with Gasteiger partial charge in [-0.05, 0) is 22.4 Å². The summed E-state index contributed by atoms with van der Waals surface area (Å²) in [5.41, 5.74) is 0.382. The van der Waals surface area contributed by atoms with Crippen molar-refractivity contribution in [1.82, 2.24) is 4.98 Å². The summed E-state index contributed by atoms with van der Waals surface area (Å²) >= 11 is 4.56. The SMILES string of the molecule is CCCCOC(=O)c1csc(Br)n1. The summed E-state index contributed by atoms with van der Waals surface area (Å²) < 4.78 is 5.67. The van der Waals surface area contributed by atoms with Gasteiger partial charge in [-0.1, -0.05) is 13.3 Å². The van der Waals surface area contributed by atoms with Gasteiger partial charge in [0.25, 0.3) is 0 Å². The van der Waals surface area contributed by atoms with Crippen molar-refractivity contribution in [2.45, 2.75) is 19.8 Å². The first kappa shape index (κ1) is 10.7. The summed E-state index contributed by atoms with van der Waals surface area (Å²) in [6.07, 6.45) is 1.92. The van der Waals surface area contributed by atoms with Gasteiger partial charge in [-0.3, -0.25) is 0 Å². The van der Waals surface area contributed by atoms with Crippen LogP contribution in [-0.2, 0) is 4.74 Å². The standard InChI is InChI=1S/C8H10BrNO2S/c1-2-3-4-12-7(11)6-5-13-8(9)10-6/h5H,2-4H2,1H3. The highest BCUT2D eigenvalue weighted by molar-refractivity contribution is 9.11. The normalized spacial score (nSPS) is 10.0. The Morgan fingerprint density at radius 3 is 3.08 bits per heavy atom. The Kier molecular flexibility index (Phi) is 4.38. The van der Waals surface area contributed by atoms with Gasteiger partial charge in [0.15, 0.2) is 9.61 Å². The molecule has 0 aliphatic carbocycles. The van der Waals surface area contributed by atoms with Crippen LogP contribution >= 0.6 is 27.3 Å². The molecule has 0 saturated heterocycles. The van der Waals surface area contributed by atoms with E-state index in [4.69, 9.17) is 4.74 Å². The number of carbonyl (C=O) groups excluding carboxylic acids is 1. The second-order valence-electron chi connectivity index (χ2n) is 2.48. The van der Waals surface area contributed by atoms with Crippen molar-refractivity contribution >= 4 is 33.2 Å². The van der Waals surface area contributed by atoms with Crippen LogP contribution in [0.15, 0.2) is 9.30 Å². The van der Waals surface area contributed by atoms with Crippen molar-refractivity contribution in [3.63, 3.8) is 0 Å². The maximum Gasteiger partial charge on any atom is 0.357 e. The molecule has 0 amide bonds. The van der Waals surface area contributed by atoms with Gasteiger partial charge in [0, 0.05) is 5.38 Å². The summed E-state index contributed by atoms with van der Waals surface area (Å²) in [5.74, 6) is -0.338. The van der Waals surface area contributed by atoms with Gasteiger partial charge in [-0.2, -0.15) is 0 Å². The number of nitrogens with zero attached hydrogens (tertiary/aromatic N) is 1. The fourth-order valence-corrected chi connectivity index (χ4v) is 1.71. The number of ether oxygens (including phenoxy) is 1. The van der Waals surface area contributed by atoms with Crippen LogP contribution in [-0.4, -0.2) is 17.6 Å². The maximum absolute atomic E-state index is 11.2. The largest absolute Gasteiger partial charge is 0.461 e. The van der Waals surface area contributed by atoms with Gasteiger partial charge < -0.3 is 4.74 Å². The number of esters is 1. The van der Waals surface area contributed by atoms with Crippen molar-refractivity contribution < 1.29 is 9.53 Å². The van der Waals surface area contributed by atoms with Gasteiger partial charge in [0.2, 0.25) is 0 Å². The van der Waals surface area contributed by atoms with Gasteiger partial charge in [0.1, 0.15) is 0 Å². The van der Waals surface area contributed by atoms with E-state index in [1.54, 1.807) is 5.38 Å². The zero-order valence-corrected chi connectivity index (χ0v) is 9.65. The van der Waals surface area contributed by atoms with Crippen LogP contribution in [0.5, 0.6) is 0 Å². The summed E-state index contributed by atoms with van der Waals surface area (Å²) in [7, 11) is 0. The number of unbranched alkanes of at least 4 members (excludes halogenated alkanes) is 1. The zero-order valence-electron chi connectivity index (χ0n) is 7.25. The van der Waals surface area contributed by atoms with Crippen molar-refractivity contribution in [3.8, 4) is 0 Å². The lowest BCUT2D eigenvalue weighted by molar-refractivity contribution is 0.0493. The molecule has 1 aromatic rings. The van der Waals surface area contributed by atoms with E-state index in [2.05, 4.69) is 20.9 Å². The molecule has 0 radical (unpaired) electrons. The number of thiazole rings is 1. The van der Waals surface area contributed by atoms with E-state index in [1.807, 2.05) is 6.92 Å². The lowest BCUT2D eigenvalue weighted by Gasteiger charge is -1.99. The maximum atomic E-state index is 11.2. The molecule has 0 spiro atoms. The lowest BCUT2D eigenvalue weighted by atomic mass is 10.4. The molecular formula is C8H10BrNO2S. The minimum atomic E-state index is -0.338. The second-order valence-corrected chi connectivity index (χ2v) is 4.61. The second kappa shape index (κ2) is 5.34. The number of halogens is 1. The number of hydrogen-bond acceptors (Lipinski definition) is 4. The molecule has 13 heavy (non-hydrogen) atoms. The number of hydrogen-bond donors (Lipinski definition) is 0. The van der Waals surface area contributed by atoms with Crippen LogP contribution in [0.1, 0.15) is 30.3 Å². The van der Waals surface area contributed by atoms with E-state index in [1.165, 1.54) is 11.3 Å². The first-order valence-electron chi connectivity index (χ1n) is 4.02. The van der Waals surface area contributed by atoms with Gasteiger partial charge in [0.05, 0.1) is 6.61 Å². The molecular weight excluding hydrogens is 254 g/mol. The molecule has 1 heterocycles. The van der Waals surface area contributed by atoms with Crippen molar-refractivity contribution in [2.75, 3.05) is 6.61 Å². The summed E-state index contributed by atoms with van der Waals surface area (Å²) in [6.45, 7) is 2.53. The fourth-order valence-electron chi connectivity index (χ4n) is 0.729. The number of rotatable bonds is 4. The molecule has 0 atom stereocenters. The minimum Gasteiger partial charge on any atom is -0.461 e. The smallest absolute Gasteiger partial charge is 0.357 e. The highest BCUT2D eigenvalue weighted by atomic mass is 79.9. The zero-order chi connectivity index (χ0) is 9.68. The van der Waals surface area contributed by atoms with Crippen LogP contribution in [0.3, 0.4) is 0 Å². The first-order valence-corrected chi connectivity index (χ1v) is 5.69. The molecule has 0 aliphatic rings. The van der Waals surface area contributed by atoms with Crippen LogP contribution in [0.4, 0.5) is 0 Å². The van der Waals surface area contributed by atoms with Crippen LogP contribution in [0.25, 0.3) is 0 Å². The van der Waals surface area contributed by atoms with E-state index in [0.717, 1.165) is 12.8 Å². The molecule has 0 bridgehead atoms. The average molecular weight is 264 g/mol. The van der Waals surface area contributed by atoms with Crippen LogP contribution in [0, 0.1) is 0 Å². The summed E-state index contributed by atoms with van der Waals surface area (Å²) in [5, 5.41) is 1.68. The average Bonchev–Trinajstić information content (AvgIpc) is 2.52. The highest BCUT2D eigenvalue weighted by Gasteiger charge is 2.10. The predicted octanol–water partition coefficient (Wildman–Crippen LogP) is 2.86. The third kappa shape index (κ3) is 3.44. The molecule has 1 aromatic heterocycles. The molecule has 72 valence electrons. The minimum absolute atomic E-state index is 0.338. The topological polar surface area (TPSA) is 39.2 Å². The number of carbonyl (C=O) groups is 1. The Bertz CT molecular complexity index is 287. The van der Waals surface area contributed by atoms with Crippen molar-refractivity contribution in [1.29, 1.82) is 0 Å². The van der Waals surface area contributed by atoms with E-state index in [0.29, 0.717) is 16.2 Å². The molecule has 1 rings (SSSR count). The van der Waals surface area contributed by atoms with E-state index >= 15 is 0 Å². The quantitative estimate of drug-likeness (QED) is 0.620. The van der Waals surface area contributed by atoms with E-state index in [-0.39, 0.29) is 5.97 Å². The third-order valence-electron chi connectivity index (χ3n) is 1.42. The molecule has 0 fully saturated rings. The Hall–Kier alpha value is -0.420. The Morgan fingerprint density at radius 2 is 2.54 bits per heavy atom. The molecule has 0 N–H and O–H groups in total. The van der Waals surface area contributed by atoms with Crippen LogP contribution < -0.4 is 0 Å². The predicted molar refractivity (Wildman–Crippen MR) is 55.0 cm³/mol. The Balaban J connectivity index is 2.40. The third-order valence-corrected chi connectivity index (χ3v) is 2.78. The molecule has 0 aliphatic heterocycles. The lowest BCUT2D eigenvalue weighted by Crippen LogP contribution is -2.06. The summed E-state index contributed by atoms with van der Waals surface area (Å²) in [4.78, 5) is 15.2. The van der Waals surface area contributed by atoms with E-state index < -0.39 is 0 Å². The highest BCUT2D eigenvalue weighted by Crippen LogP contribution is 2.16. The molecule has 5 heteroatoms.